The number of methoxy groups -OCH3 is 4. The number of hydrogen-bond donors (Lipinski definition) is 1. The quantitative estimate of drug-likeness (QED) is 0.419. The van der Waals surface area contributed by atoms with E-state index in [0.717, 1.165) is 16.9 Å². The first kappa shape index (κ1) is 25.6. The van der Waals surface area contributed by atoms with Gasteiger partial charge in [0, 0.05) is 32.3 Å². The van der Waals surface area contributed by atoms with Crippen LogP contribution in [0.3, 0.4) is 0 Å². The van der Waals surface area contributed by atoms with Crippen molar-refractivity contribution in [3.63, 3.8) is 0 Å². The summed E-state index contributed by atoms with van der Waals surface area (Å²) in [7, 11) is 6.16. The van der Waals surface area contributed by atoms with Crippen LogP contribution in [0.5, 0.6) is 17.2 Å². The zero-order chi connectivity index (χ0) is 25.2. The van der Waals surface area contributed by atoms with Gasteiger partial charge in [0.15, 0.2) is 11.5 Å². The van der Waals surface area contributed by atoms with Gasteiger partial charge in [-0.2, -0.15) is 0 Å². The molecule has 0 unspecified atom stereocenters. The van der Waals surface area contributed by atoms with Gasteiger partial charge in [-0.15, -0.1) is 0 Å². The van der Waals surface area contributed by atoms with Gasteiger partial charge in [0.25, 0.3) is 5.91 Å². The molecule has 0 atom stereocenters. The lowest BCUT2D eigenvalue weighted by atomic mass is 10.1. The summed E-state index contributed by atoms with van der Waals surface area (Å²) >= 11 is 0. The van der Waals surface area contributed by atoms with E-state index in [1.165, 1.54) is 18.1 Å². The van der Waals surface area contributed by atoms with Gasteiger partial charge in [-0.1, -0.05) is 17.3 Å². The predicted molar refractivity (Wildman–Crippen MR) is 126 cm³/mol. The van der Waals surface area contributed by atoms with Crippen molar-refractivity contribution in [2.24, 2.45) is 0 Å². The van der Waals surface area contributed by atoms with E-state index in [1.807, 2.05) is 36.4 Å². The summed E-state index contributed by atoms with van der Waals surface area (Å²) in [6.07, 6.45) is 0. The molecule has 0 saturated carbocycles. The Kier molecular flexibility index (Phi) is 9.08. The van der Waals surface area contributed by atoms with Crippen LogP contribution in [-0.2, 0) is 29.2 Å². The van der Waals surface area contributed by atoms with Crippen LogP contribution < -0.4 is 19.5 Å². The Morgan fingerprint density at radius 2 is 1.51 bits per heavy atom. The Morgan fingerprint density at radius 3 is 2.11 bits per heavy atom. The van der Waals surface area contributed by atoms with Crippen LogP contribution in [-0.4, -0.2) is 56.9 Å². The highest BCUT2D eigenvalue weighted by molar-refractivity contribution is 5.92. The number of aromatic nitrogens is 1. The minimum atomic E-state index is -0.386. The van der Waals surface area contributed by atoms with Crippen LogP contribution in [0.1, 0.15) is 27.4 Å². The molecule has 10 heteroatoms. The zero-order valence-corrected chi connectivity index (χ0v) is 20.2. The van der Waals surface area contributed by atoms with Gasteiger partial charge in [-0.25, -0.2) is 0 Å². The number of hydrogen-bond acceptors (Lipinski definition) is 8. The average Bonchev–Trinajstić information content (AvgIpc) is 3.35. The summed E-state index contributed by atoms with van der Waals surface area (Å²) in [5.74, 6) is 1.67. The SMILES string of the molecule is COCC(=O)N(Cc1cc(OC)cc(OC)c1)Cc1cc(C(=O)NCc2ccc(OC)cc2)no1. The molecule has 2 amide bonds. The minimum Gasteiger partial charge on any atom is -0.497 e. The van der Waals surface area contributed by atoms with Crippen molar-refractivity contribution in [1.82, 2.24) is 15.4 Å². The van der Waals surface area contributed by atoms with E-state index in [1.54, 1.807) is 27.4 Å². The van der Waals surface area contributed by atoms with Gasteiger partial charge < -0.3 is 33.7 Å². The fourth-order valence-electron chi connectivity index (χ4n) is 3.32. The fraction of sp³-hybridized carbons (Fsp3) is 0.320. The third-order valence-corrected chi connectivity index (χ3v) is 5.16. The molecule has 0 fully saturated rings. The average molecular weight is 484 g/mol. The lowest BCUT2D eigenvalue weighted by Crippen LogP contribution is -2.32. The van der Waals surface area contributed by atoms with Crippen LogP contribution >= 0.6 is 0 Å². The van der Waals surface area contributed by atoms with Crippen LogP contribution in [0.15, 0.2) is 53.1 Å². The molecule has 3 aromatic rings. The number of benzene rings is 2. The van der Waals surface area contributed by atoms with Gasteiger partial charge in [0.2, 0.25) is 5.91 Å². The van der Waals surface area contributed by atoms with Crippen LogP contribution in [0, 0.1) is 0 Å². The molecular formula is C25H29N3O7. The highest BCUT2D eigenvalue weighted by Crippen LogP contribution is 2.24. The minimum absolute atomic E-state index is 0.0977. The van der Waals surface area contributed by atoms with Crippen molar-refractivity contribution in [1.29, 1.82) is 0 Å². The molecule has 3 rings (SSSR count). The number of carbonyl (C=O) groups excluding carboxylic acids is 2. The van der Waals surface area contributed by atoms with E-state index < -0.39 is 0 Å². The number of nitrogens with zero attached hydrogens (tertiary/aromatic N) is 2. The van der Waals surface area contributed by atoms with Crippen LogP contribution in [0.2, 0.25) is 0 Å². The topological polar surface area (TPSA) is 112 Å². The third-order valence-electron chi connectivity index (χ3n) is 5.16. The molecule has 0 radical (unpaired) electrons. The summed E-state index contributed by atoms with van der Waals surface area (Å²) in [6, 6.07) is 14.3. The molecule has 10 nitrogen and oxygen atoms in total. The van der Waals surface area contributed by atoms with E-state index in [0.29, 0.717) is 23.8 Å². The smallest absolute Gasteiger partial charge is 0.273 e. The molecule has 0 saturated heterocycles. The van der Waals surface area contributed by atoms with Gasteiger partial charge in [-0.3, -0.25) is 9.59 Å². The Labute approximate surface area is 203 Å². The Morgan fingerprint density at radius 1 is 0.857 bits per heavy atom. The van der Waals surface area contributed by atoms with Crippen molar-refractivity contribution in [2.75, 3.05) is 35.0 Å². The monoisotopic (exact) mass is 483 g/mol. The summed E-state index contributed by atoms with van der Waals surface area (Å²) in [4.78, 5) is 26.8. The van der Waals surface area contributed by atoms with E-state index in [2.05, 4.69) is 10.5 Å². The Balaban J connectivity index is 1.68. The van der Waals surface area contributed by atoms with Gasteiger partial charge in [0.1, 0.15) is 23.9 Å². The lowest BCUT2D eigenvalue weighted by Gasteiger charge is -2.22. The maximum absolute atomic E-state index is 12.7. The lowest BCUT2D eigenvalue weighted by molar-refractivity contribution is -0.136. The van der Waals surface area contributed by atoms with E-state index in [-0.39, 0.29) is 37.2 Å². The zero-order valence-electron chi connectivity index (χ0n) is 20.2. The second kappa shape index (κ2) is 12.4. The molecule has 1 heterocycles. The Hall–Kier alpha value is -4.05. The first-order valence-corrected chi connectivity index (χ1v) is 10.8. The van der Waals surface area contributed by atoms with Crippen LogP contribution in [0.4, 0.5) is 0 Å². The number of nitrogens with one attached hydrogen (secondary N) is 1. The molecule has 35 heavy (non-hydrogen) atoms. The largest absolute Gasteiger partial charge is 0.497 e. The second-order valence-electron chi connectivity index (χ2n) is 7.61. The third kappa shape index (κ3) is 7.21. The maximum Gasteiger partial charge on any atom is 0.273 e. The van der Waals surface area contributed by atoms with Crippen molar-refractivity contribution >= 4 is 11.8 Å². The molecule has 0 aliphatic heterocycles. The van der Waals surface area contributed by atoms with E-state index in [4.69, 9.17) is 23.5 Å². The number of ether oxygens (including phenoxy) is 4. The maximum atomic E-state index is 12.7. The van der Waals surface area contributed by atoms with Crippen molar-refractivity contribution in [2.45, 2.75) is 19.6 Å². The first-order valence-electron chi connectivity index (χ1n) is 10.8. The van der Waals surface area contributed by atoms with Gasteiger partial charge in [0.05, 0.1) is 27.9 Å². The highest BCUT2D eigenvalue weighted by Gasteiger charge is 2.20. The first-order chi connectivity index (χ1) is 16.9. The second-order valence-corrected chi connectivity index (χ2v) is 7.61. The van der Waals surface area contributed by atoms with Gasteiger partial charge in [-0.05, 0) is 35.4 Å². The molecule has 0 aliphatic rings. The fourth-order valence-corrected chi connectivity index (χ4v) is 3.32. The molecule has 0 bridgehead atoms. The highest BCUT2D eigenvalue weighted by atomic mass is 16.5. The van der Waals surface area contributed by atoms with E-state index >= 15 is 0 Å². The predicted octanol–water partition coefficient (Wildman–Crippen LogP) is 2.81. The summed E-state index contributed by atoms with van der Waals surface area (Å²) in [5.41, 5.74) is 1.83. The molecule has 2 aromatic carbocycles. The molecule has 0 spiro atoms. The van der Waals surface area contributed by atoms with Crippen molar-refractivity contribution < 1.29 is 33.1 Å². The summed E-state index contributed by atoms with van der Waals surface area (Å²) < 4.78 is 26.1. The Bertz CT molecular complexity index is 1110. The molecular weight excluding hydrogens is 454 g/mol. The summed E-state index contributed by atoms with van der Waals surface area (Å²) in [5, 5.41) is 6.66. The molecule has 186 valence electrons. The standard InChI is InChI=1S/C25H29N3O7/c1-31-16-24(29)28(14-18-9-20(33-3)11-21(10-18)34-4)15-22-12-23(27-35-22)25(30)26-13-17-5-7-19(32-2)8-6-17/h5-12H,13-16H2,1-4H3,(H,26,30). The molecule has 0 aliphatic carbocycles. The summed E-state index contributed by atoms with van der Waals surface area (Å²) in [6.45, 7) is 0.557. The number of rotatable bonds is 12. The van der Waals surface area contributed by atoms with Crippen LogP contribution in [0.25, 0.3) is 0 Å². The van der Waals surface area contributed by atoms with E-state index in [9.17, 15) is 9.59 Å². The number of amides is 2. The van der Waals surface area contributed by atoms with Gasteiger partial charge >= 0.3 is 0 Å². The molecule has 1 N–H and O–H groups in total. The van der Waals surface area contributed by atoms with Crippen molar-refractivity contribution in [3.8, 4) is 17.2 Å². The normalized spacial score (nSPS) is 10.5. The van der Waals surface area contributed by atoms with Crippen molar-refractivity contribution in [3.05, 3.63) is 71.1 Å². The molecule has 1 aromatic heterocycles. The number of carbonyl (C=O) groups is 2.